The van der Waals surface area contributed by atoms with Gasteiger partial charge in [-0.3, -0.25) is 0 Å². The van der Waals surface area contributed by atoms with Gasteiger partial charge in [-0.1, -0.05) is 0 Å². The summed E-state index contributed by atoms with van der Waals surface area (Å²) in [5.41, 5.74) is 5.21. The first-order chi connectivity index (χ1) is 7.36. The Hall–Kier alpha value is -1.37. The lowest BCUT2D eigenvalue weighted by molar-refractivity contribution is 0.250. The molecule has 0 heterocycles. The SMILES string of the molecule is CC(N)COc1c(F)c(F)c(F)c(F)c1F. The van der Waals surface area contributed by atoms with Crippen LogP contribution in [0.3, 0.4) is 0 Å². The Kier molecular flexibility index (Phi) is 3.69. The van der Waals surface area contributed by atoms with E-state index in [9.17, 15) is 22.0 Å². The van der Waals surface area contributed by atoms with E-state index in [0.717, 1.165) is 0 Å². The Morgan fingerprint density at radius 2 is 1.31 bits per heavy atom. The van der Waals surface area contributed by atoms with Gasteiger partial charge >= 0.3 is 0 Å². The highest BCUT2D eigenvalue weighted by molar-refractivity contribution is 5.29. The lowest BCUT2D eigenvalue weighted by atomic mass is 10.2. The largest absolute Gasteiger partial charge is 0.486 e. The van der Waals surface area contributed by atoms with E-state index < -0.39 is 40.9 Å². The van der Waals surface area contributed by atoms with Crippen LogP contribution in [0, 0.1) is 29.1 Å². The van der Waals surface area contributed by atoms with Gasteiger partial charge < -0.3 is 10.5 Å². The number of nitrogens with two attached hydrogens (primary N) is 1. The van der Waals surface area contributed by atoms with Gasteiger partial charge in [0, 0.05) is 6.04 Å². The van der Waals surface area contributed by atoms with Crippen LogP contribution in [0.25, 0.3) is 0 Å². The van der Waals surface area contributed by atoms with Crippen molar-refractivity contribution in [2.75, 3.05) is 6.61 Å². The number of halogens is 5. The molecular weight excluding hydrogens is 233 g/mol. The van der Waals surface area contributed by atoms with Crippen molar-refractivity contribution >= 4 is 0 Å². The van der Waals surface area contributed by atoms with Crippen LogP contribution in [0.5, 0.6) is 5.75 Å². The first-order valence-electron chi connectivity index (χ1n) is 4.26. The van der Waals surface area contributed by atoms with Crippen LogP contribution in [0.15, 0.2) is 0 Å². The molecule has 1 rings (SSSR count). The molecule has 2 N–H and O–H groups in total. The van der Waals surface area contributed by atoms with Crippen molar-refractivity contribution in [3.05, 3.63) is 29.1 Å². The zero-order valence-corrected chi connectivity index (χ0v) is 8.16. The molecule has 0 saturated heterocycles. The Morgan fingerprint density at radius 1 is 0.938 bits per heavy atom. The molecule has 0 bridgehead atoms. The standard InChI is InChI=1S/C9H8F5NO/c1-3(15)2-16-9-7(13)5(11)4(10)6(12)8(9)14/h3H,2,15H2,1H3. The highest BCUT2D eigenvalue weighted by Crippen LogP contribution is 2.28. The normalized spacial score (nSPS) is 12.7. The van der Waals surface area contributed by atoms with Crippen molar-refractivity contribution < 1.29 is 26.7 Å². The molecule has 7 heteroatoms. The van der Waals surface area contributed by atoms with Crippen molar-refractivity contribution in [1.82, 2.24) is 0 Å². The van der Waals surface area contributed by atoms with Gasteiger partial charge in [-0.05, 0) is 6.92 Å². The summed E-state index contributed by atoms with van der Waals surface area (Å²) >= 11 is 0. The monoisotopic (exact) mass is 241 g/mol. The van der Waals surface area contributed by atoms with Gasteiger partial charge in [0.2, 0.25) is 29.1 Å². The Morgan fingerprint density at radius 3 is 1.69 bits per heavy atom. The fourth-order valence-corrected chi connectivity index (χ4v) is 0.926. The Labute approximate surface area is 87.8 Å². The zero-order chi connectivity index (χ0) is 12.5. The maximum absolute atomic E-state index is 13.0. The van der Waals surface area contributed by atoms with Gasteiger partial charge in [-0.15, -0.1) is 0 Å². The summed E-state index contributed by atoms with van der Waals surface area (Å²) in [5.74, 6) is -11.6. The quantitative estimate of drug-likeness (QED) is 0.499. The van der Waals surface area contributed by atoms with Crippen LogP contribution in [-0.4, -0.2) is 12.6 Å². The molecule has 2 nitrogen and oxygen atoms in total. The number of rotatable bonds is 3. The second-order valence-corrected chi connectivity index (χ2v) is 3.19. The fraction of sp³-hybridized carbons (Fsp3) is 0.333. The van der Waals surface area contributed by atoms with Crippen molar-refractivity contribution in [2.45, 2.75) is 13.0 Å². The van der Waals surface area contributed by atoms with Crippen LogP contribution >= 0.6 is 0 Å². The molecule has 0 fully saturated rings. The van der Waals surface area contributed by atoms with Crippen molar-refractivity contribution in [2.24, 2.45) is 5.73 Å². The summed E-state index contributed by atoms with van der Waals surface area (Å²) in [7, 11) is 0. The summed E-state index contributed by atoms with van der Waals surface area (Å²) in [5, 5.41) is 0. The smallest absolute Gasteiger partial charge is 0.206 e. The van der Waals surface area contributed by atoms with Crippen molar-refractivity contribution in [1.29, 1.82) is 0 Å². The van der Waals surface area contributed by atoms with Crippen LogP contribution in [0.1, 0.15) is 6.92 Å². The highest BCUT2D eigenvalue weighted by atomic mass is 19.2. The van der Waals surface area contributed by atoms with Gasteiger partial charge in [-0.25, -0.2) is 13.2 Å². The highest BCUT2D eigenvalue weighted by Gasteiger charge is 2.26. The second-order valence-electron chi connectivity index (χ2n) is 3.19. The lowest BCUT2D eigenvalue weighted by Crippen LogP contribution is -2.24. The molecule has 0 amide bonds. The molecule has 0 aliphatic carbocycles. The third-order valence-corrected chi connectivity index (χ3v) is 1.66. The van der Waals surface area contributed by atoms with Crippen LogP contribution < -0.4 is 10.5 Å². The lowest BCUT2D eigenvalue weighted by Gasteiger charge is -2.11. The molecule has 0 saturated carbocycles. The number of benzene rings is 1. The van der Waals surface area contributed by atoms with E-state index >= 15 is 0 Å². The van der Waals surface area contributed by atoms with Crippen molar-refractivity contribution in [3.63, 3.8) is 0 Å². The van der Waals surface area contributed by atoms with Gasteiger partial charge in [0.1, 0.15) is 6.61 Å². The summed E-state index contributed by atoms with van der Waals surface area (Å²) in [6, 6.07) is -0.602. The molecule has 0 spiro atoms. The van der Waals surface area contributed by atoms with E-state index in [-0.39, 0.29) is 6.61 Å². The predicted octanol–water partition coefficient (Wildman–Crippen LogP) is 2.11. The maximum atomic E-state index is 13.0. The third kappa shape index (κ3) is 2.24. The first-order valence-corrected chi connectivity index (χ1v) is 4.26. The molecule has 0 radical (unpaired) electrons. The van der Waals surface area contributed by atoms with Crippen LogP contribution in [0.2, 0.25) is 0 Å². The molecule has 1 atom stereocenters. The molecule has 0 aliphatic heterocycles. The van der Waals surface area contributed by atoms with Gasteiger partial charge in [-0.2, -0.15) is 8.78 Å². The van der Waals surface area contributed by atoms with E-state index in [4.69, 9.17) is 5.73 Å². The summed E-state index contributed by atoms with van der Waals surface area (Å²) < 4.78 is 68.3. The van der Waals surface area contributed by atoms with Crippen molar-refractivity contribution in [3.8, 4) is 5.75 Å². The topological polar surface area (TPSA) is 35.2 Å². The van der Waals surface area contributed by atoms with Crippen LogP contribution in [0.4, 0.5) is 22.0 Å². The number of hydrogen-bond acceptors (Lipinski definition) is 2. The molecule has 16 heavy (non-hydrogen) atoms. The first kappa shape index (κ1) is 12.7. The minimum absolute atomic E-state index is 0.363. The summed E-state index contributed by atoms with van der Waals surface area (Å²) in [6.07, 6.45) is 0. The maximum Gasteiger partial charge on any atom is 0.206 e. The zero-order valence-electron chi connectivity index (χ0n) is 8.16. The van der Waals surface area contributed by atoms with Gasteiger partial charge in [0.05, 0.1) is 0 Å². The molecule has 0 aromatic heterocycles. The molecule has 1 aromatic rings. The Balaban J connectivity index is 3.18. The van der Waals surface area contributed by atoms with E-state index in [2.05, 4.69) is 4.74 Å². The summed E-state index contributed by atoms with van der Waals surface area (Å²) in [6.45, 7) is 1.09. The minimum atomic E-state index is -2.22. The van der Waals surface area contributed by atoms with E-state index in [1.54, 1.807) is 0 Å². The molecular formula is C9H8F5NO. The predicted molar refractivity (Wildman–Crippen MR) is 45.4 cm³/mol. The molecule has 1 aromatic carbocycles. The Bertz CT molecular complexity index is 378. The molecule has 1 unspecified atom stereocenters. The fourth-order valence-electron chi connectivity index (χ4n) is 0.926. The van der Waals surface area contributed by atoms with Gasteiger partial charge in [0.15, 0.2) is 5.75 Å². The van der Waals surface area contributed by atoms with E-state index in [0.29, 0.717) is 0 Å². The summed E-state index contributed by atoms with van der Waals surface area (Å²) in [4.78, 5) is 0. The number of ether oxygens (including phenoxy) is 1. The third-order valence-electron chi connectivity index (χ3n) is 1.66. The average molecular weight is 241 g/mol. The van der Waals surface area contributed by atoms with E-state index in [1.807, 2.05) is 0 Å². The van der Waals surface area contributed by atoms with E-state index in [1.165, 1.54) is 6.92 Å². The molecule has 0 aliphatic rings. The number of hydrogen-bond donors (Lipinski definition) is 1. The van der Waals surface area contributed by atoms with Crippen LogP contribution in [-0.2, 0) is 0 Å². The minimum Gasteiger partial charge on any atom is -0.486 e. The average Bonchev–Trinajstić information content (AvgIpc) is 2.23. The second kappa shape index (κ2) is 4.65. The van der Waals surface area contributed by atoms with Gasteiger partial charge in [0.25, 0.3) is 0 Å². The molecule has 90 valence electrons.